The highest BCUT2D eigenvalue weighted by Crippen LogP contribution is 2.25. The maximum atomic E-state index is 12.3. The summed E-state index contributed by atoms with van der Waals surface area (Å²) in [5.41, 5.74) is 6.03. The van der Waals surface area contributed by atoms with Crippen LogP contribution in [0.3, 0.4) is 0 Å². The molecule has 0 bridgehead atoms. The van der Waals surface area contributed by atoms with Crippen molar-refractivity contribution in [2.45, 2.75) is 4.90 Å². The predicted molar refractivity (Wildman–Crippen MR) is 79.9 cm³/mol. The molecule has 1 heterocycles. The van der Waals surface area contributed by atoms with Crippen LogP contribution >= 0.6 is 0 Å². The average Bonchev–Trinajstić information content (AvgIpc) is 2.48. The average molecular weight is 315 g/mol. The van der Waals surface area contributed by atoms with Crippen LogP contribution in [0.25, 0.3) is 0 Å². The Balaban J connectivity index is 1.99. The fourth-order valence-electron chi connectivity index (χ4n) is 2.14. The van der Waals surface area contributed by atoms with Gasteiger partial charge in [0.2, 0.25) is 10.0 Å². The summed E-state index contributed by atoms with van der Waals surface area (Å²) in [7, 11) is -2.21. The topological polar surface area (TPSA) is 93.9 Å². The monoisotopic (exact) mass is 315 g/mol. The molecule has 1 aliphatic rings. The number of nitrogens with zero attached hydrogens (tertiary/aromatic N) is 1. The van der Waals surface area contributed by atoms with Crippen LogP contribution in [-0.4, -0.2) is 59.8 Å². The van der Waals surface area contributed by atoms with Gasteiger partial charge in [0, 0.05) is 31.9 Å². The zero-order valence-corrected chi connectivity index (χ0v) is 12.9. The third kappa shape index (κ3) is 4.31. The molecule has 0 atom stereocenters. The molecule has 1 aromatic carbocycles. The third-order valence-corrected chi connectivity index (χ3v) is 4.78. The van der Waals surface area contributed by atoms with Crippen LogP contribution in [-0.2, 0) is 14.8 Å². The van der Waals surface area contributed by atoms with E-state index in [9.17, 15) is 8.42 Å². The largest absolute Gasteiger partial charge is 0.495 e. The molecule has 7 nitrogen and oxygen atoms in total. The number of hydrogen-bond acceptors (Lipinski definition) is 6. The molecule has 21 heavy (non-hydrogen) atoms. The summed E-state index contributed by atoms with van der Waals surface area (Å²) in [5, 5.41) is 0. The van der Waals surface area contributed by atoms with Gasteiger partial charge in [-0.2, -0.15) is 0 Å². The number of methoxy groups -OCH3 is 1. The van der Waals surface area contributed by atoms with Crippen LogP contribution in [0.2, 0.25) is 0 Å². The fourth-order valence-corrected chi connectivity index (χ4v) is 3.37. The van der Waals surface area contributed by atoms with Crippen molar-refractivity contribution in [2.75, 3.05) is 52.2 Å². The Morgan fingerprint density at radius 2 is 2.10 bits per heavy atom. The van der Waals surface area contributed by atoms with Crippen LogP contribution in [0.4, 0.5) is 5.69 Å². The van der Waals surface area contributed by atoms with Gasteiger partial charge in [0.05, 0.1) is 20.3 Å². The Bertz CT molecular complexity index is 571. The van der Waals surface area contributed by atoms with E-state index in [2.05, 4.69) is 9.62 Å². The van der Waals surface area contributed by atoms with Crippen LogP contribution in [0.15, 0.2) is 23.1 Å². The third-order valence-electron chi connectivity index (χ3n) is 3.30. The van der Waals surface area contributed by atoms with E-state index in [-0.39, 0.29) is 10.6 Å². The van der Waals surface area contributed by atoms with Gasteiger partial charge in [-0.05, 0) is 18.2 Å². The molecule has 0 saturated carbocycles. The first-order valence-electron chi connectivity index (χ1n) is 6.76. The zero-order valence-electron chi connectivity index (χ0n) is 12.0. The van der Waals surface area contributed by atoms with Crippen molar-refractivity contribution in [3.63, 3.8) is 0 Å². The van der Waals surface area contributed by atoms with E-state index in [1.54, 1.807) is 12.1 Å². The maximum Gasteiger partial charge on any atom is 0.244 e. The summed E-state index contributed by atoms with van der Waals surface area (Å²) in [6.45, 7) is 4.01. The standard InChI is InChI=1S/C13H21N3O4S/c1-19-12-3-2-11(14)10-13(12)21(17,18)15-4-5-16-6-8-20-9-7-16/h2-3,10,15H,4-9,14H2,1H3. The number of nitrogens with one attached hydrogen (secondary N) is 1. The van der Waals surface area contributed by atoms with Gasteiger partial charge < -0.3 is 15.2 Å². The number of ether oxygens (including phenoxy) is 2. The van der Waals surface area contributed by atoms with Gasteiger partial charge in [0.1, 0.15) is 10.6 Å². The molecule has 0 unspecified atom stereocenters. The van der Waals surface area contributed by atoms with Gasteiger partial charge in [-0.1, -0.05) is 0 Å². The smallest absolute Gasteiger partial charge is 0.244 e. The molecular formula is C13H21N3O4S. The van der Waals surface area contributed by atoms with Crippen molar-refractivity contribution in [2.24, 2.45) is 0 Å². The minimum absolute atomic E-state index is 0.0620. The highest BCUT2D eigenvalue weighted by Gasteiger charge is 2.20. The quantitative estimate of drug-likeness (QED) is 0.711. The van der Waals surface area contributed by atoms with Crippen molar-refractivity contribution < 1.29 is 17.9 Å². The number of hydrogen-bond donors (Lipinski definition) is 2. The van der Waals surface area contributed by atoms with Crippen LogP contribution in [0, 0.1) is 0 Å². The lowest BCUT2D eigenvalue weighted by Crippen LogP contribution is -2.41. The Labute approximate surface area is 125 Å². The summed E-state index contributed by atoms with van der Waals surface area (Å²) in [4.78, 5) is 2.22. The second kappa shape index (κ2) is 7.08. The number of nitrogens with two attached hydrogens (primary N) is 1. The Morgan fingerprint density at radius 3 is 2.76 bits per heavy atom. The second-order valence-electron chi connectivity index (χ2n) is 4.76. The highest BCUT2D eigenvalue weighted by molar-refractivity contribution is 7.89. The van der Waals surface area contributed by atoms with Crippen molar-refractivity contribution in [1.29, 1.82) is 0 Å². The van der Waals surface area contributed by atoms with Crippen molar-refractivity contribution in [3.05, 3.63) is 18.2 Å². The molecule has 0 amide bonds. The summed E-state index contributed by atoms with van der Waals surface area (Å²) in [6, 6.07) is 4.55. The SMILES string of the molecule is COc1ccc(N)cc1S(=O)(=O)NCCN1CCOCC1. The number of rotatable bonds is 6. The Hall–Kier alpha value is -1.35. The number of benzene rings is 1. The molecular weight excluding hydrogens is 294 g/mol. The van der Waals surface area contributed by atoms with E-state index in [0.29, 0.717) is 32.0 Å². The van der Waals surface area contributed by atoms with E-state index in [1.807, 2.05) is 0 Å². The second-order valence-corrected chi connectivity index (χ2v) is 6.50. The summed E-state index contributed by atoms with van der Waals surface area (Å²) >= 11 is 0. The molecule has 1 aromatic rings. The first-order chi connectivity index (χ1) is 10.0. The molecule has 1 aliphatic heterocycles. The lowest BCUT2D eigenvalue weighted by Gasteiger charge is -2.26. The van der Waals surface area contributed by atoms with Gasteiger partial charge in [-0.15, -0.1) is 0 Å². The Morgan fingerprint density at radius 1 is 1.38 bits per heavy atom. The number of anilines is 1. The van der Waals surface area contributed by atoms with E-state index in [4.69, 9.17) is 15.2 Å². The summed E-state index contributed by atoms with van der Waals surface area (Å²) < 4.78 is 37.5. The van der Waals surface area contributed by atoms with Gasteiger partial charge in [-0.3, -0.25) is 4.90 Å². The molecule has 8 heteroatoms. The lowest BCUT2D eigenvalue weighted by atomic mass is 10.3. The minimum atomic E-state index is -3.64. The molecule has 0 aromatic heterocycles. The summed E-state index contributed by atoms with van der Waals surface area (Å²) in [6.07, 6.45) is 0. The number of nitrogen functional groups attached to an aromatic ring is 1. The van der Waals surface area contributed by atoms with Gasteiger partial charge in [0.25, 0.3) is 0 Å². The van der Waals surface area contributed by atoms with E-state index < -0.39 is 10.0 Å². The van der Waals surface area contributed by atoms with Crippen LogP contribution in [0.1, 0.15) is 0 Å². The lowest BCUT2D eigenvalue weighted by molar-refractivity contribution is 0.0390. The van der Waals surface area contributed by atoms with Crippen LogP contribution in [0.5, 0.6) is 5.75 Å². The van der Waals surface area contributed by atoms with Crippen molar-refractivity contribution in [1.82, 2.24) is 9.62 Å². The number of morpholine rings is 1. The molecule has 3 N–H and O–H groups in total. The van der Waals surface area contributed by atoms with Gasteiger partial charge in [0.15, 0.2) is 0 Å². The fraction of sp³-hybridized carbons (Fsp3) is 0.538. The minimum Gasteiger partial charge on any atom is -0.495 e. The molecule has 1 saturated heterocycles. The highest BCUT2D eigenvalue weighted by atomic mass is 32.2. The first kappa shape index (κ1) is 16.0. The Kier molecular flexibility index (Phi) is 5.40. The van der Waals surface area contributed by atoms with E-state index in [1.165, 1.54) is 13.2 Å². The van der Waals surface area contributed by atoms with Crippen molar-refractivity contribution in [3.8, 4) is 5.75 Å². The van der Waals surface area contributed by atoms with Gasteiger partial charge in [-0.25, -0.2) is 13.1 Å². The predicted octanol–water partition coefficient (Wildman–Crippen LogP) is -0.112. The molecule has 0 aliphatic carbocycles. The molecule has 2 rings (SSSR count). The molecule has 1 fully saturated rings. The molecule has 0 spiro atoms. The van der Waals surface area contributed by atoms with Gasteiger partial charge >= 0.3 is 0 Å². The van der Waals surface area contributed by atoms with Crippen LogP contribution < -0.4 is 15.2 Å². The van der Waals surface area contributed by atoms with E-state index >= 15 is 0 Å². The zero-order chi connectivity index (χ0) is 15.3. The molecule has 118 valence electrons. The summed E-state index contributed by atoms with van der Waals surface area (Å²) in [5.74, 6) is 0.281. The maximum absolute atomic E-state index is 12.3. The first-order valence-corrected chi connectivity index (χ1v) is 8.24. The molecule has 0 radical (unpaired) electrons. The number of sulfonamides is 1. The van der Waals surface area contributed by atoms with E-state index in [0.717, 1.165) is 13.1 Å². The normalized spacial score (nSPS) is 16.8. The van der Waals surface area contributed by atoms with Crippen molar-refractivity contribution >= 4 is 15.7 Å².